The zero-order chi connectivity index (χ0) is 19.3. The summed E-state index contributed by atoms with van der Waals surface area (Å²) in [6.45, 7) is 0. The first-order valence-electron chi connectivity index (χ1n) is 8.10. The minimum atomic E-state index is -0.164. The molecule has 0 saturated carbocycles. The zero-order valence-corrected chi connectivity index (χ0v) is 17.5. The standard InChI is InChI=1S/C17H13N5O2S4/c23-13(8-10-4-3-7-25-10)19-16-21-22-17(28-16)26-9-14(24)20-15-18-11-5-1-2-6-12(11)27-15/h1-7H,8-9H2,(H,18,20,24)(H,19,21,23). The highest BCUT2D eigenvalue weighted by Gasteiger charge is 2.12. The summed E-state index contributed by atoms with van der Waals surface area (Å²) < 4.78 is 1.64. The highest BCUT2D eigenvalue weighted by Crippen LogP contribution is 2.27. The van der Waals surface area contributed by atoms with Gasteiger partial charge in [-0.2, -0.15) is 0 Å². The van der Waals surface area contributed by atoms with Crippen LogP contribution in [0, 0.1) is 0 Å². The summed E-state index contributed by atoms with van der Waals surface area (Å²) in [6, 6.07) is 11.5. The molecule has 28 heavy (non-hydrogen) atoms. The number of fused-ring (bicyclic) bond motifs is 1. The number of thioether (sulfide) groups is 1. The van der Waals surface area contributed by atoms with Gasteiger partial charge in [-0.3, -0.25) is 9.59 Å². The maximum absolute atomic E-state index is 12.1. The van der Waals surface area contributed by atoms with Crippen molar-refractivity contribution in [2.75, 3.05) is 16.4 Å². The lowest BCUT2D eigenvalue weighted by molar-refractivity contribution is -0.115. The molecule has 0 spiro atoms. The van der Waals surface area contributed by atoms with Crippen molar-refractivity contribution in [2.24, 2.45) is 0 Å². The fourth-order valence-electron chi connectivity index (χ4n) is 2.26. The molecule has 4 aromatic rings. The lowest BCUT2D eigenvalue weighted by atomic mass is 10.3. The van der Waals surface area contributed by atoms with Crippen LogP contribution in [0.15, 0.2) is 46.1 Å². The van der Waals surface area contributed by atoms with Crippen molar-refractivity contribution in [2.45, 2.75) is 10.8 Å². The van der Waals surface area contributed by atoms with Crippen LogP contribution in [0.25, 0.3) is 10.2 Å². The maximum Gasteiger partial charge on any atom is 0.236 e. The Hall–Kier alpha value is -2.34. The van der Waals surface area contributed by atoms with Crippen molar-refractivity contribution < 1.29 is 9.59 Å². The smallest absolute Gasteiger partial charge is 0.236 e. The van der Waals surface area contributed by atoms with Crippen LogP contribution in [0.2, 0.25) is 0 Å². The molecule has 4 rings (SSSR count). The lowest BCUT2D eigenvalue weighted by Crippen LogP contribution is -2.13. The minimum absolute atomic E-state index is 0.135. The molecule has 0 saturated heterocycles. The number of aromatic nitrogens is 3. The molecule has 3 aromatic heterocycles. The van der Waals surface area contributed by atoms with Crippen molar-refractivity contribution in [3.63, 3.8) is 0 Å². The number of rotatable bonds is 7. The first kappa shape index (κ1) is 19.0. The van der Waals surface area contributed by atoms with Crippen molar-refractivity contribution in [1.29, 1.82) is 0 Å². The topological polar surface area (TPSA) is 96.9 Å². The lowest BCUT2D eigenvalue weighted by Gasteiger charge is -1.99. The monoisotopic (exact) mass is 447 g/mol. The third kappa shape index (κ3) is 4.93. The fraction of sp³-hybridized carbons (Fsp3) is 0.118. The van der Waals surface area contributed by atoms with Gasteiger partial charge in [-0.25, -0.2) is 4.98 Å². The van der Waals surface area contributed by atoms with Gasteiger partial charge in [-0.05, 0) is 23.6 Å². The first-order chi connectivity index (χ1) is 13.7. The van der Waals surface area contributed by atoms with Crippen molar-refractivity contribution in [1.82, 2.24) is 15.2 Å². The number of carbonyl (C=O) groups excluding carboxylic acids is 2. The number of para-hydroxylation sites is 1. The number of benzene rings is 1. The van der Waals surface area contributed by atoms with E-state index in [1.165, 1.54) is 45.8 Å². The summed E-state index contributed by atoms with van der Waals surface area (Å²) in [5, 5.41) is 16.4. The summed E-state index contributed by atoms with van der Waals surface area (Å²) in [6.07, 6.45) is 0.310. The highest BCUT2D eigenvalue weighted by molar-refractivity contribution is 8.01. The molecule has 0 fully saturated rings. The van der Waals surface area contributed by atoms with Gasteiger partial charge < -0.3 is 10.6 Å². The van der Waals surface area contributed by atoms with Crippen LogP contribution in [0.5, 0.6) is 0 Å². The fourth-order valence-corrected chi connectivity index (χ4v) is 5.42. The number of amides is 2. The predicted molar refractivity (Wildman–Crippen MR) is 116 cm³/mol. The number of thiazole rings is 1. The number of hydrogen-bond acceptors (Lipinski definition) is 9. The van der Waals surface area contributed by atoms with Gasteiger partial charge in [0.15, 0.2) is 9.47 Å². The first-order valence-corrected chi connectivity index (χ1v) is 11.6. The quantitative estimate of drug-likeness (QED) is 0.327. The van der Waals surface area contributed by atoms with Gasteiger partial charge in [0.05, 0.1) is 22.4 Å². The molecular formula is C17H13N5O2S4. The van der Waals surface area contributed by atoms with Gasteiger partial charge in [-0.1, -0.05) is 52.6 Å². The average molecular weight is 448 g/mol. The second kappa shape index (κ2) is 8.78. The summed E-state index contributed by atoms with van der Waals surface area (Å²) in [7, 11) is 0. The SMILES string of the molecule is O=C(Cc1cccs1)Nc1nnc(SCC(=O)Nc2nc3ccccc3s2)s1. The second-order valence-corrected chi connectivity index (χ2v) is 9.76. The molecule has 7 nitrogen and oxygen atoms in total. The summed E-state index contributed by atoms with van der Waals surface area (Å²) >= 11 is 5.48. The maximum atomic E-state index is 12.1. The van der Waals surface area contributed by atoms with Crippen LogP contribution in [-0.2, 0) is 16.0 Å². The molecule has 2 amide bonds. The van der Waals surface area contributed by atoms with E-state index in [0.717, 1.165) is 15.1 Å². The molecule has 0 unspecified atom stereocenters. The van der Waals surface area contributed by atoms with Crippen LogP contribution < -0.4 is 10.6 Å². The van der Waals surface area contributed by atoms with E-state index in [1.54, 1.807) is 0 Å². The van der Waals surface area contributed by atoms with Crippen LogP contribution in [-0.4, -0.2) is 32.7 Å². The van der Waals surface area contributed by atoms with E-state index in [1.807, 2.05) is 41.8 Å². The third-order valence-corrected chi connectivity index (χ3v) is 7.23. The normalized spacial score (nSPS) is 10.9. The molecule has 0 bridgehead atoms. The third-order valence-electron chi connectivity index (χ3n) is 3.43. The summed E-state index contributed by atoms with van der Waals surface area (Å²) in [5.74, 6) is -0.112. The number of nitrogens with one attached hydrogen (secondary N) is 2. The molecule has 0 aliphatic carbocycles. The Labute approximate surface area is 176 Å². The number of hydrogen-bond donors (Lipinski definition) is 2. The van der Waals surface area contributed by atoms with E-state index in [2.05, 4.69) is 25.8 Å². The largest absolute Gasteiger partial charge is 0.301 e. The van der Waals surface area contributed by atoms with E-state index in [9.17, 15) is 9.59 Å². The summed E-state index contributed by atoms with van der Waals surface area (Å²) in [4.78, 5) is 29.5. The Bertz CT molecular complexity index is 1070. The number of anilines is 2. The second-order valence-electron chi connectivity index (χ2n) is 5.50. The molecule has 0 aliphatic heterocycles. The van der Waals surface area contributed by atoms with Crippen LogP contribution >= 0.6 is 45.8 Å². The molecule has 0 radical (unpaired) electrons. The van der Waals surface area contributed by atoms with E-state index < -0.39 is 0 Å². The van der Waals surface area contributed by atoms with E-state index in [4.69, 9.17) is 0 Å². The number of carbonyl (C=O) groups is 2. The predicted octanol–water partition coefficient (Wildman–Crippen LogP) is 4.12. The Morgan fingerprint density at radius 3 is 2.64 bits per heavy atom. The van der Waals surface area contributed by atoms with Crippen LogP contribution in [0.1, 0.15) is 4.88 Å². The van der Waals surface area contributed by atoms with Crippen LogP contribution in [0.3, 0.4) is 0 Å². The number of thiophene rings is 1. The van der Waals surface area contributed by atoms with Crippen LogP contribution in [0.4, 0.5) is 10.3 Å². The minimum Gasteiger partial charge on any atom is -0.301 e. The molecule has 142 valence electrons. The van der Waals surface area contributed by atoms with E-state index in [0.29, 0.717) is 21.0 Å². The van der Waals surface area contributed by atoms with Gasteiger partial charge in [0.2, 0.25) is 16.9 Å². The molecule has 0 atom stereocenters. The van der Waals surface area contributed by atoms with Gasteiger partial charge in [0, 0.05) is 4.88 Å². The molecule has 2 N–H and O–H groups in total. The van der Waals surface area contributed by atoms with Gasteiger partial charge in [0.25, 0.3) is 0 Å². The van der Waals surface area contributed by atoms with Gasteiger partial charge in [0.1, 0.15) is 0 Å². The average Bonchev–Trinajstić information content (AvgIpc) is 3.40. The Morgan fingerprint density at radius 2 is 1.82 bits per heavy atom. The Morgan fingerprint density at radius 1 is 0.964 bits per heavy atom. The van der Waals surface area contributed by atoms with E-state index in [-0.39, 0.29) is 17.6 Å². The Balaban J connectivity index is 1.26. The molecular weight excluding hydrogens is 434 g/mol. The van der Waals surface area contributed by atoms with Gasteiger partial charge in [-0.15, -0.1) is 21.5 Å². The van der Waals surface area contributed by atoms with Crippen molar-refractivity contribution in [3.8, 4) is 0 Å². The Kier molecular flexibility index (Phi) is 5.95. The zero-order valence-electron chi connectivity index (χ0n) is 14.2. The summed E-state index contributed by atoms with van der Waals surface area (Å²) in [5.41, 5.74) is 0.863. The van der Waals surface area contributed by atoms with Crippen molar-refractivity contribution in [3.05, 3.63) is 46.7 Å². The highest BCUT2D eigenvalue weighted by atomic mass is 32.2. The van der Waals surface area contributed by atoms with Gasteiger partial charge >= 0.3 is 0 Å². The molecule has 0 aliphatic rings. The molecule has 3 heterocycles. The van der Waals surface area contributed by atoms with Crippen molar-refractivity contribution >= 4 is 78.1 Å². The molecule has 11 heteroatoms. The molecule has 1 aromatic carbocycles. The number of nitrogens with zero attached hydrogens (tertiary/aromatic N) is 3. The van der Waals surface area contributed by atoms with E-state index >= 15 is 0 Å².